The molecule has 1 saturated carbocycles. The Labute approximate surface area is 196 Å². The van der Waals surface area contributed by atoms with E-state index in [2.05, 4.69) is 14.9 Å². The van der Waals surface area contributed by atoms with Gasteiger partial charge in [0.05, 0.1) is 12.2 Å². The molecule has 33 heavy (non-hydrogen) atoms. The third-order valence-corrected chi connectivity index (χ3v) is 6.95. The summed E-state index contributed by atoms with van der Waals surface area (Å²) in [6.07, 6.45) is 7.57. The molecule has 0 atom stereocenters. The standard InChI is InChI=1S/C25H33N3O4S/c1-33(30,31)27-22-9-13-24(14-10-22)32-23-11-7-20(8-12-23)16-28-17-21(18-28)25(29)26-15-19-5-3-2-4-6-19/h7-14,19,21,27H,2-6,15-18H2,1H3,(H,26,29). The SMILES string of the molecule is CS(=O)(=O)Nc1ccc(Oc2ccc(CN3CC(C(=O)NCC4CCCCC4)C3)cc2)cc1. The summed E-state index contributed by atoms with van der Waals surface area (Å²) in [7, 11) is -3.29. The Morgan fingerprint density at radius 3 is 2.18 bits per heavy atom. The molecule has 1 aliphatic carbocycles. The number of sulfonamides is 1. The van der Waals surface area contributed by atoms with E-state index in [9.17, 15) is 13.2 Å². The quantitative estimate of drug-likeness (QED) is 0.578. The van der Waals surface area contributed by atoms with Crippen LogP contribution in [0.3, 0.4) is 0 Å². The molecule has 1 saturated heterocycles. The van der Waals surface area contributed by atoms with Crippen LogP contribution in [-0.4, -0.2) is 45.1 Å². The van der Waals surface area contributed by atoms with Crippen LogP contribution in [0.25, 0.3) is 0 Å². The average molecular weight is 472 g/mol. The van der Waals surface area contributed by atoms with Crippen molar-refractivity contribution in [1.29, 1.82) is 0 Å². The lowest BCUT2D eigenvalue weighted by Crippen LogP contribution is -2.53. The molecular weight excluding hydrogens is 438 g/mol. The maximum Gasteiger partial charge on any atom is 0.229 e. The number of nitrogens with zero attached hydrogens (tertiary/aromatic N) is 1. The van der Waals surface area contributed by atoms with E-state index in [-0.39, 0.29) is 11.8 Å². The molecular formula is C25H33N3O4S. The van der Waals surface area contributed by atoms with E-state index in [1.54, 1.807) is 24.3 Å². The number of hydrogen-bond acceptors (Lipinski definition) is 5. The monoisotopic (exact) mass is 471 g/mol. The Kier molecular flexibility index (Phi) is 7.55. The van der Waals surface area contributed by atoms with Gasteiger partial charge in [0, 0.05) is 31.9 Å². The first-order chi connectivity index (χ1) is 15.8. The number of rotatable bonds is 9. The predicted molar refractivity (Wildman–Crippen MR) is 130 cm³/mol. The molecule has 178 valence electrons. The number of hydrogen-bond donors (Lipinski definition) is 2. The van der Waals surface area contributed by atoms with Crippen molar-refractivity contribution in [1.82, 2.24) is 10.2 Å². The summed E-state index contributed by atoms with van der Waals surface area (Å²) in [4.78, 5) is 14.7. The molecule has 0 spiro atoms. The van der Waals surface area contributed by atoms with Gasteiger partial charge in [-0.2, -0.15) is 0 Å². The Morgan fingerprint density at radius 2 is 1.58 bits per heavy atom. The van der Waals surface area contributed by atoms with E-state index in [0.717, 1.165) is 32.4 Å². The van der Waals surface area contributed by atoms with Crippen molar-refractivity contribution in [2.75, 3.05) is 30.6 Å². The highest BCUT2D eigenvalue weighted by atomic mass is 32.2. The number of amides is 1. The van der Waals surface area contributed by atoms with Gasteiger partial charge in [0.2, 0.25) is 15.9 Å². The van der Waals surface area contributed by atoms with E-state index >= 15 is 0 Å². The summed E-state index contributed by atoms with van der Waals surface area (Å²) in [6, 6.07) is 14.7. The first-order valence-corrected chi connectivity index (χ1v) is 13.6. The molecule has 7 nitrogen and oxygen atoms in total. The first-order valence-electron chi connectivity index (χ1n) is 11.7. The van der Waals surface area contributed by atoms with Crippen LogP contribution in [0.1, 0.15) is 37.7 Å². The van der Waals surface area contributed by atoms with Crippen LogP contribution in [0.4, 0.5) is 5.69 Å². The third-order valence-electron chi connectivity index (χ3n) is 6.34. The first kappa shape index (κ1) is 23.6. The molecule has 8 heteroatoms. The van der Waals surface area contributed by atoms with Crippen molar-refractivity contribution in [3.8, 4) is 11.5 Å². The zero-order valence-electron chi connectivity index (χ0n) is 19.1. The third kappa shape index (κ3) is 7.20. The van der Waals surface area contributed by atoms with E-state index in [1.165, 1.54) is 37.7 Å². The smallest absolute Gasteiger partial charge is 0.229 e. The van der Waals surface area contributed by atoms with Gasteiger partial charge in [-0.15, -0.1) is 0 Å². The lowest BCUT2D eigenvalue weighted by molar-refractivity contribution is -0.130. The van der Waals surface area contributed by atoms with Gasteiger partial charge in [-0.3, -0.25) is 14.4 Å². The minimum absolute atomic E-state index is 0.108. The van der Waals surface area contributed by atoms with Crippen molar-refractivity contribution in [2.45, 2.75) is 38.6 Å². The highest BCUT2D eigenvalue weighted by Crippen LogP contribution is 2.26. The Hall–Kier alpha value is -2.58. The van der Waals surface area contributed by atoms with Gasteiger partial charge in [0.15, 0.2) is 0 Å². The zero-order valence-corrected chi connectivity index (χ0v) is 19.9. The van der Waals surface area contributed by atoms with E-state index < -0.39 is 10.0 Å². The van der Waals surface area contributed by atoms with Gasteiger partial charge >= 0.3 is 0 Å². The van der Waals surface area contributed by atoms with Gasteiger partial charge in [-0.05, 0) is 60.7 Å². The summed E-state index contributed by atoms with van der Waals surface area (Å²) in [6.45, 7) is 3.28. The fraction of sp³-hybridized carbons (Fsp3) is 0.480. The number of nitrogens with one attached hydrogen (secondary N) is 2. The van der Waals surface area contributed by atoms with Gasteiger partial charge in [0.25, 0.3) is 0 Å². The molecule has 2 aromatic carbocycles. The molecule has 0 bridgehead atoms. The zero-order chi connectivity index (χ0) is 23.3. The minimum atomic E-state index is -3.29. The summed E-state index contributed by atoms with van der Waals surface area (Å²) >= 11 is 0. The second-order valence-corrected chi connectivity index (χ2v) is 11.0. The van der Waals surface area contributed by atoms with Crippen molar-refractivity contribution < 1.29 is 17.9 Å². The summed E-state index contributed by atoms with van der Waals surface area (Å²) in [5, 5.41) is 3.17. The van der Waals surface area contributed by atoms with Crippen molar-refractivity contribution in [3.63, 3.8) is 0 Å². The molecule has 0 aromatic heterocycles. The highest BCUT2D eigenvalue weighted by Gasteiger charge is 2.32. The molecule has 0 unspecified atom stereocenters. The normalized spacial score (nSPS) is 17.8. The molecule has 1 aliphatic heterocycles. The van der Waals surface area contributed by atoms with Gasteiger partial charge in [0.1, 0.15) is 11.5 Å². The Balaban J connectivity index is 1.18. The maximum absolute atomic E-state index is 12.4. The van der Waals surface area contributed by atoms with E-state index in [1.807, 2.05) is 24.3 Å². The summed E-state index contributed by atoms with van der Waals surface area (Å²) in [5.41, 5.74) is 1.67. The molecule has 1 amide bonds. The summed E-state index contributed by atoms with van der Waals surface area (Å²) < 4.78 is 30.8. The highest BCUT2D eigenvalue weighted by molar-refractivity contribution is 7.92. The largest absolute Gasteiger partial charge is 0.457 e. The Bertz CT molecular complexity index is 1030. The number of carbonyl (C=O) groups is 1. The van der Waals surface area contributed by atoms with E-state index in [4.69, 9.17) is 4.74 Å². The Morgan fingerprint density at radius 1 is 0.970 bits per heavy atom. The topological polar surface area (TPSA) is 87.7 Å². The van der Waals surface area contributed by atoms with Crippen LogP contribution < -0.4 is 14.8 Å². The second kappa shape index (κ2) is 10.6. The number of anilines is 1. The molecule has 1 heterocycles. The lowest BCUT2D eigenvalue weighted by atomic mass is 9.89. The number of carbonyl (C=O) groups excluding carboxylic acids is 1. The molecule has 2 N–H and O–H groups in total. The van der Waals surface area contributed by atoms with Crippen molar-refractivity contribution in [2.24, 2.45) is 11.8 Å². The number of benzene rings is 2. The lowest BCUT2D eigenvalue weighted by Gasteiger charge is -2.38. The fourth-order valence-electron chi connectivity index (χ4n) is 4.51. The predicted octanol–water partition coefficient (Wildman–Crippen LogP) is 3.98. The maximum atomic E-state index is 12.4. The molecule has 0 radical (unpaired) electrons. The summed E-state index contributed by atoms with van der Waals surface area (Å²) in [5.74, 6) is 2.33. The van der Waals surface area contributed by atoms with Crippen LogP contribution >= 0.6 is 0 Å². The van der Waals surface area contributed by atoms with E-state index in [0.29, 0.717) is 23.1 Å². The van der Waals surface area contributed by atoms with Crippen LogP contribution in [-0.2, 0) is 21.4 Å². The van der Waals surface area contributed by atoms with Gasteiger partial charge in [-0.25, -0.2) is 8.42 Å². The second-order valence-electron chi connectivity index (χ2n) is 9.28. The fourth-order valence-corrected chi connectivity index (χ4v) is 5.07. The number of ether oxygens (including phenoxy) is 1. The van der Waals surface area contributed by atoms with Crippen LogP contribution in [0.2, 0.25) is 0 Å². The van der Waals surface area contributed by atoms with Crippen molar-refractivity contribution >= 4 is 21.6 Å². The van der Waals surface area contributed by atoms with Crippen LogP contribution in [0, 0.1) is 11.8 Å². The van der Waals surface area contributed by atoms with Crippen molar-refractivity contribution in [3.05, 3.63) is 54.1 Å². The number of likely N-dealkylation sites (tertiary alicyclic amines) is 1. The minimum Gasteiger partial charge on any atom is -0.457 e. The molecule has 2 fully saturated rings. The van der Waals surface area contributed by atoms with Gasteiger partial charge in [-0.1, -0.05) is 31.4 Å². The molecule has 2 aromatic rings. The van der Waals surface area contributed by atoms with Crippen LogP contribution in [0.5, 0.6) is 11.5 Å². The van der Waals surface area contributed by atoms with Gasteiger partial charge < -0.3 is 10.1 Å². The molecule has 2 aliphatic rings. The molecule has 4 rings (SSSR count). The van der Waals surface area contributed by atoms with Crippen LogP contribution in [0.15, 0.2) is 48.5 Å². The average Bonchev–Trinajstić information content (AvgIpc) is 2.76.